The molecule has 0 radical (unpaired) electrons. The van der Waals surface area contributed by atoms with E-state index in [1.807, 2.05) is 6.92 Å². The molecule has 0 aliphatic heterocycles. The van der Waals surface area contributed by atoms with Gasteiger partial charge in [-0.15, -0.1) is 0 Å². The fourth-order valence-electron chi connectivity index (χ4n) is 3.78. The van der Waals surface area contributed by atoms with Gasteiger partial charge >= 0.3 is 6.18 Å². The Morgan fingerprint density at radius 3 is 2.41 bits per heavy atom. The molecule has 0 amide bonds. The zero-order chi connectivity index (χ0) is 19.2. The molecule has 0 fully saturated rings. The maximum Gasteiger partial charge on any atom is 0.417 e. The molecule has 0 N–H and O–H groups in total. The molecule has 0 saturated heterocycles. The number of rotatable bonds is 3. The van der Waals surface area contributed by atoms with Gasteiger partial charge in [0.2, 0.25) is 11.7 Å². The Labute approximate surface area is 155 Å². The summed E-state index contributed by atoms with van der Waals surface area (Å²) in [5, 5.41) is 3.92. The third kappa shape index (κ3) is 3.13. The minimum absolute atomic E-state index is 0.284. The number of nitrogens with zero attached hydrogens (tertiary/aromatic N) is 2. The van der Waals surface area contributed by atoms with E-state index in [4.69, 9.17) is 4.52 Å². The lowest BCUT2D eigenvalue weighted by Crippen LogP contribution is -2.09. The van der Waals surface area contributed by atoms with E-state index < -0.39 is 11.7 Å². The standard InChI is InChI=1S/C21H19F3N2O/c1-3-18-25-20(26-27-18)14-7-5-13(6-8-14)19-16-9-4-12(2)15(16)10-11-17(19)21(22,23)24/h5-8,10-12H,3-4,9H2,1-2H3/t12-/m1/s1. The van der Waals surface area contributed by atoms with E-state index in [9.17, 15) is 13.2 Å². The van der Waals surface area contributed by atoms with Crippen molar-refractivity contribution in [2.24, 2.45) is 0 Å². The third-order valence-electron chi connectivity index (χ3n) is 5.22. The lowest BCUT2D eigenvalue weighted by Gasteiger charge is -2.18. The first-order valence-corrected chi connectivity index (χ1v) is 9.05. The van der Waals surface area contributed by atoms with Crippen molar-refractivity contribution in [3.63, 3.8) is 0 Å². The number of alkyl halides is 3. The van der Waals surface area contributed by atoms with Crippen LogP contribution >= 0.6 is 0 Å². The van der Waals surface area contributed by atoms with Crippen molar-refractivity contribution in [1.82, 2.24) is 10.1 Å². The highest BCUT2D eigenvalue weighted by molar-refractivity contribution is 5.76. The molecule has 1 aliphatic rings. The average Bonchev–Trinajstić information content (AvgIpc) is 3.27. The fourth-order valence-corrected chi connectivity index (χ4v) is 3.78. The van der Waals surface area contributed by atoms with E-state index in [2.05, 4.69) is 17.1 Å². The van der Waals surface area contributed by atoms with Crippen LogP contribution in [0.15, 0.2) is 40.9 Å². The van der Waals surface area contributed by atoms with E-state index in [1.165, 1.54) is 6.07 Å². The molecule has 0 spiro atoms. The molecule has 3 aromatic rings. The second-order valence-electron chi connectivity index (χ2n) is 6.94. The smallest absolute Gasteiger partial charge is 0.339 e. The highest BCUT2D eigenvalue weighted by Crippen LogP contribution is 2.45. The maximum absolute atomic E-state index is 13.7. The minimum atomic E-state index is -4.39. The van der Waals surface area contributed by atoms with Gasteiger partial charge in [-0.05, 0) is 47.1 Å². The van der Waals surface area contributed by atoms with Crippen molar-refractivity contribution >= 4 is 0 Å². The highest BCUT2D eigenvalue weighted by Gasteiger charge is 2.36. The summed E-state index contributed by atoms with van der Waals surface area (Å²) in [4.78, 5) is 4.27. The van der Waals surface area contributed by atoms with Gasteiger partial charge in [0.15, 0.2) is 0 Å². The topological polar surface area (TPSA) is 38.9 Å². The molecule has 2 aromatic carbocycles. The summed E-state index contributed by atoms with van der Waals surface area (Å²) in [6, 6.07) is 9.78. The van der Waals surface area contributed by atoms with Crippen molar-refractivity contribution in [3.8, 4) is 22.5 Å². The van der Waals surface area contributed by atoms with Crippen LogP contribution in [0.4, 0.5) is 13.2 Å². The SMILES string of the molecule is CCc1nc(-c2ccc(-c3c(C(F)(F)F)ccc4c3CC[C@H]4C)cc2)no1. The molecule has 0 unspecified atom stereocenters. The van der Waals surface area contributed by atoms with Gasteiger partial charge in [-0.3, -0.25) is 0 Å². The number of aryl methyl sites for hydroxylation is 1. The van der Waals surface area contributed by atoms with Crippen molar-refractivity contribution < 1.29 is 17.7 Å². The van der Waals surface area contributed by atoms with Crippen LogP contribution in [-0.2, 0) is 19.0 Å². The summed E-state index contributed by atoms with van der Waals surface area (Å²) in [5.41, 5.74) is 2.85. The normalized spacial score (nSPS) is 16.6. The van der Waals surface area contributed by atoms with Gasteiger partial charge in [0.25, 0.3) is 0 Å². The van der Waals surface area contributed by atoms with Gasteiger partial charge in [0.1, 0.15) is 0 Å². The average molecular weight is 372 g/mol. The molecule has 1 aliphatic carbocycles. The number of halogens is 3. The molecule has 140 valence electrons. The second-order valence-corrected chi connectivity index (χ2v) is 6.94. The predicted octanol–water partition coefficient (Wildman–Crippen LogP) is 6.03. The van der Waals surface area contributed by atoms with E-state index in [-0.39, 0.29) is 5.92 Å². The van der Waals surface area contributed by atoms with Crippen LogP contribution in [0, 0.1) is 0 Å². The first-order chi connectivity index (χ1) is 12.9. The van der Waals surface area contributed by atoms with Gasteiger partial charge in [-0.25, -0.2) is 0 Å². The molecular weight excluding hydrogens is 353 g/mol. The van der Waals surface area contributed by atoms with E-state index in [0.29, 0.717) is 35.7 Å². The monoisotopic (exact) mass is 372 g/mol. The summed E-state index contributed by atoms with van der Waals surface area (Å²) >= 11 is 0. The lowest BCUT2D eigenvalue weighted by molar-refractivity contribution is -0.137. The molecule has 1 aromatic heterocycles. The van der Waals surface area contributed by atoms with E-state index >= 15 is 0 Å². The molecular formula is C21H19F3N2O. The molecule has 0 saturated carbocycles. The first-order valence-electron chi connectivity index (χ1n) is 9.05. The zero-order valence-corrected chi connectivity index (χ0v) is 15.1. The molecule has 0 bridgehead atoms. The van der Waals surface area contributed by atoms with Crippen LogP contribution in [-0.4, -0.2) is 10.1 Å². The Balaban J connectivity index is 1.81. The predicted molar refractivity (Wildman–Crippen MR) is 96.3 cm³/mol. The Morgan fingerprint density at radius 1 is 1.07 bits per heavy atom. The molecule has 1 atom stereocenters. The van der Waals surface area contributed by atoms with Gasteiger partial charge in [0, 0.05) is 12.0 Å². The fraction of sp³-hybridized carbons (Fsp3) is 0.333. The number of benzene rings is 2. The van der Waals surface area contributed by atoms with Crippen molar-refractivity contribution in [2.45, 2.75) is 45.2 Å². The molecule has 27 heavy (non-hydrogen) atoms. The summed E-state index contributed by atoms with van der Waals surface area (Å²) in [7, 11) is 0. The van der Waals surface area contributed by atoms with Crippen molar-refractivity contribution in [3.05, 3.63) is 59.0 Å². The Kier molecular flexibility index (Phi) is 4.29. The van der Waals surface area contributed by atoms with Gasteiger partial charge < -0.3 is 4.52 Å². The summed E-state index contributed by atoms with van der Waals surface area (Å²) in [5.74, 6) is 1.26. The largest absolute Gasteiger partial charge is 0.417 e. The number of hydrogen-bond acceptors (Lipinski definition) is 3. The van der Waals surface area contributed by atoms with Crippen LogP contribution in [0.3, 0.4) is 0 Å². The van der Waals surface area contributed by atoms with Gasteiger partial charge in [0.05, 0.1) is 5.56 Å². The maximum atomic E-state index is 13.7. The first kappa shape index (κ1) is 17.8. The molecule has 4 rings (SSSR count). The lowest BCUT2D eigenvalue weighted by atomic mass is 9.90. The summed E-state index contributed by atoms with van der Waals surface area (Å²) in [6.07, 6.45) is -2.21. The van der Waals surface area contributed by atoms with Gasteiger partial charge in [-0.1, -0.05) is 49.3 Å². The third-order valence-corrected chi connectivity index (χ3v) is 5.22. The van der Waals surface area contributed by atoms with E-state index in [1.54, 1.807) is 30.3 Å². The second kappa shape index (κ2) is 6.51. The summed E-state index contributed by atoms with van der Waals surface area (Å²) in [6.45, 7) is 3.98. The number of aromatic nitrogens is 2. The highest BCUT2D eigenvalue weighted by atomic mass is 19.4. The Hall–Kier alpha value is -2.63. The molecule has 6 heteroatoms. The van der Waals surface area contributed by atoms with Crippen LogP contribution in [0.5, 0.6) is 0 Å². The van der Waals surface area contributed by atoms with Crippen LogP contribution in [0.1, 0.15) is 48.8 Å². The van der Waals surface area contributed by atoms with Crippen molar-refractivity contribution in [2.75, 3.05) is 0 Å². The van der Waals surface area contributed by atoms with Crippen LogP contribution < -0.4 is 0 Å². The van der Waals surface area contributed by atoms with Crippen LogP contribution in [0.25, 0.3) is 22.5 Å². The summed E-state index contributed by atoms with van der Waals surface area (Å²) < 4.78 is 46.1. The zero-order valence-electron chi connectivity index (χ0n) is 15.1. The minimum Gasteiger partial charge on any atom is -0.339 e. The van der Waals surface area contributed by atoms with Crippen LogP contribution in [0.2, 0.25) is 0 Å². The quantitative estimate of drug-likeness (QED) is 0.563. The Morgan fingerprint density at radius 2 is 1.78 bits per heavy atom. The number of fused-ring (bicyclic) bond motifs is 1. The molecule has 3 nitrogen and oxygen atoms in total. The molecule has 1 heterocycles. The Bertz CT molecular complexity index is 974. The van der Waals surface area contributed by atoms with Crippen molar-refractivity contribution in [1.29, 1.82) is 0 Å². The van der Waals surface area contributed by atoms with Gasteiger partial charge in [-0.2, -0.15) is 18.2 Å². The van der Waals surface area contributed by atoms with E-state index in [0.717, 1.165) is 23.1 Å². The number of hydrogen-bond donors (Lipinski definition) is 0.